The zero-order valence-electron chi connectivity index (χ0n) is 13.5. The largest absolute Gasteiger partial charge is 0.515 e. The van der Waals surface area contributed by atoms with Crippen LogP contribution in [0.25, 0.3) is 0 Å². The summed E-state index contributed by atoms with van der Waals surface area (Å²) < 4.78 is 16.8. The predicted octanol–water partition coefficient (Wildman–Crippen LogP) is 3.11. The fourth-order valence-electron chi connectivity index (χ4n) is 3.06. The quantitative estimate of drug-likeness (QED) is 0.572. The lowest BCUT2D eigenvalue weighted by Crippen LogP contribution is -2.53. The maximum atomic E-state index is 13.2. The van der Waals surface area contributed by atoms with Gasteiger partial charge in [-0.15, -0.1) is 0 Å². The van der Waals surface area contributed by atoms with E-state index in [4.69, 9.17) is 13.3 Å². The van der Waals surface area contributed by atoms with Crippen LogP contribution < -0.4 is 0 Å². The van der Waals surface area contributed by atoms with Crippen molar-refractivity contribution in [3.8, 4) is 0 Å². The van der Waals surface area contributed by atoms with Crippen LogP contribution in [0.1, 0.15) is 30.4 Å². The van der Waals surface area contributed by atoms with E-state index < -0.39 is 14.3 Å². The molecule has 5 heteroatoms. The average molecular weight is 320 g/mol. The number of hydrogen-bond acceptors (Lipinski definition) is 4. The van der Waals surface area contributed by atoms with Gasteiger partial charge in [0.05, 0.1) is 0 Å². The summed E-state index contributed by atoms with van der Waals surface area (Å²) in [4.78, 5) is 13.2. The van der Waals surface area contributed by atoms with Gasteiger partial charge in [0.2, 0.25) is 0 Å². The number of benzene rings is 1. The molecule has 1 aromatic rings. The standard InChI is InChI=1S/C17H24O4Si/c1-19-22(20-2,21-3)17(15-12-8-5-9-13-15)16(18)14-10-6-4-7-11-14/h5-6,8-10,12-14,17H,4,7,11H2,1-3H3. The van der Waals surface area contributed by atoms with Crippen LogP contribution in [0, 0.1) is 5.92 Å². The van der Waals surface area contributed by atoms with Crippen molar-refractivity contribution < 1.29 is 18.1 Å². The molecule has 0 heterocycles. The molecule has 0 bridgehead atoms. The van der Waals surface area contributed by atoms with Crippen molar-refractivity contribution in [1.29, 1.82) is 0 Å². The molecule has 0 aliphatic heterocycles. The second-order valence-electron chi connectivity index (χ2n) is 5.43. The number of carbonyl (C=O) groups excluding carboxylic acids is 1. The topological polar surface area (TPSA) is 44.8 Å². The molecule has 0 spiro atoms. The third kappa shape index (κ3) is 3.38. The zero-order valence-corrected chi connectivity index (χ0v) is 14.5. The van der Waals surface area contributed by atoms with Gasteiger partial charge in [-0.2, -0.15) is 0 Å². The smallest absolute Gasteiger partial charge is 0.376 e. The Morgan fingerprint density at radius 2 is 1.77 bits per heavy atom. The average Bonchev–Trinajstić information content (AvgIpc) is 2.61. The van der Waals surface area contributed by atoms with Gasteiger partial charge >= 0.3 is 8.80 Å². The number of ketones is 1. The molecule has 0 saturated heterocycles. The molecule has 4 nitrogen and oxygen atoms in total. The van der Waals surface area contributed by atoms with E-state index in [9.17, 15) is 4.79 Å². The fraction of sp³-hybridized carbons (Fsp3) is 0.471. The number of carbonyl (C=O) groups is 1. The van der Waals surface area contributed by atoms with Crippen molar-refractivity contribution >= 4 is 14.6 Å². The summed E-state index contributed by atoms with van der Waals surface area (Å²) in [6, 6.07) is 9.65. The monoisotopic (exact) mass is 320 g/mol. The van der Waals surface area contributed by atoms with Crippen LogP contribution in [-0.4, -0.2) is 35.9 Å². The van der Waals surface area contributed by atoms with Crippen LogP contribution in [0.2, 0.25) is 0 Å². The third-order valence-corrected chi connectivity index (χ3v) is 7.28. The molecule has 0 N–H and O–H groups in total. The van der Waals surface area contributed by atoms with Gasteiger partial charge < -0.3 is 13.3 Å². The summed E-state index contributed by atoms with van der Waals surface area (Å²) in [7, 11) is 1.55. The molecule has 1 aromatic carbocycles. The molecule has 0 radical (unpaired) electrons. The SMILES string of the molecule is CO[Si](OC)(OC)C(C(=O)C1C=CCCC1)c1ccccc1. The van der Waals surface area contributed by atoms with Crippen molar-refractivity contribution in [2.24, 2.45) is 5.92 Å². The molecular weight excluding hydrogens is 296 g/mol. The third-order valence-electron chi connectivity index (χ3n) is 4.24. The minimum Gasteiger partial charge on any atom is -0.376 e. The molecule has 0 fully saturated rings. The normalized spacial score (nSPS) is 19.9. The van der Waals surface area contributed by atoms with Crippen LogP contribution in [0.15, 0.2) is 42.5 Å². The van der Waals surface area contributed by atoms with Gasteiger partial charge in [0.15, 0.2) is 5.78 Å². The Kier molecular flexibility index (Phi) is 6.08. The summed E-state index contributed by atoms with van der Waals surface area (Å²) in [6.07, 6.45) is 7.06. The van der Waals surface area contributed by atoms with Gasteiger partial charge in [0, 0.05) is 27.2 Å². The second-order valence-corrected chi connectivity index (χ2v) is 8.44. The van der Waals surface area contributed by atoms with Crippen molar-refractivity contribution in [2.75, 3.05) is 21.3 Å². The Morgan fingerprint density at radius 1 is 1.14 bits per heavy atom. The van der Waals surface area contributed by atoms with E-state index >= 15 is 0 Å². The minimum absolute atomic E-state index is 0.0914. The predicted molar refractivity (Wildman–Crippen MR) is 87.5 cm³/mol. The number of allylic oxidation sites excluding steroid dienone is 2. The first-order chi connectivity index (χ1) is 10.7. The minimum atomic E-state index is -3.12. The zero-order chi connectivity index (χ0) is 16.0. The van der Waals surface area contributed by atoms with Crippen molar-refractivity contribution in [3.63, 3.8) is 0 Å². The summed E-state index contributed by atoms with van der Waals surface area (Å²) in [5.74, 6) is 0.0330. The van der Waals surface area contributed by atoms with E-state index in [1.807, 2.05) is 36.4 Å². The lowest BCUT2D eigenvalue weighted by atomic mass is 9.89. The van der Waals surface area contributed by atoms with Crippen molar-refractivity contribution in [3.05, 3.63) is 48.0 Å². The highest BCUT2D eigenvalue weighted by molar-refractivity contribution is 6.66. The van der Waals surface area contributed by atoms with Gasteiger partial charge in [-0.3, -0.25) is 4.79 Å². The van der Waals surface area contributed by atoms with Gasteiger partial charge in [-0.25, -0.2) is 0 Å². The molecule has 0 aromatic heterocycles. The van der Waals surface area contributed by atoms with E-state index in [1.54, 1.807) is 21.3 Å². The molecule has 2 unspecified atom stereocenters. The molecule has 0 saturated carbocycles. The van der Waals surface area contributed by atoms with Crippen molar-refractivity contribution in [2.45, 2.75) is 24.8 Å². The summed E-state index contributed by atoms with van der Waals surface area (Å²) in [5, 5.41) is 0. The number of hydrogen-bond donors (Lipinski definition) is 0. The maximum Gasteiger partial charge on any atom is 0.515 e. The maximum absolute atomic E-state index is 13.2. The Bertz CT molecular complexity index is 502. The highest BCUT2D eigenvalue weighted by Gasteiger charge is 2.53. The lowest BCUT2D eigenvalue weighted by molar-refractivity contribution is -0.123. The highest BCUT2D eigenvalue weighted by Crippen LogP contribution is 2.34. The van der Waals surface area contributed by atoms with E-state index in [1.165, 1.54) is 0 Å². The van der Waals surface area contributed by atoms with Crippen LogP contribution >= 0.6 is 0 Å². The van der Waals surface area contributed by atoms with E-state index in [0.29, 0.717) is 0 Å². The van der Waals surface area contributed by atoms with E-state index in [2.05, 4.69) is 6.08 Å². The second kappa shape index (κ2) is 7.83. The van der Waals surface area contributed by atoms with E-state index in [-0.39, 0.29) is 11.7 Å². The van der Waals surface area contributed by atoms with Crippen LogP contribution in [0.5, 0.6) is 0 Å². The number of rotatable bonds is 7. The molecular formula is C17H24O4Si. The highest BCUT2D eigenvalue weighted by atomic mass is 28.4. The molecule has 120 valence electrons. The van der Waals surface area contributed by atoms with Crippen molar-refractivity contribution in [1.82, 2.24) is 0 Å². The molecule has 0 amide bonds. The van der Waals surface area contributed by atoms with Crippen LogP contribution in [0.4, 0.5) is 0 Å². The molecule has 2 atom stereocenters. The van der Waals surface area contributed by atoms with Gasteiger partial charge in [0.1, 0.15) is 5.54 Å². The first-order valence-corrected chi connectivity index (χ1v) is 9.39. The Morgan fingerprint density at radius 3 is 2.27 bits per heavy atom. The molecule has 2 rings (SSSR count). The number of Topliss-reactive ketones (excluding diaryl/α,β-unsaturated/α-hetero) is 1. The Labute approximate surface area is 133 Å². The van der Waals surface area contributed by atoms with Gasteiger partial charge in [0.25, 0.3) is 0 Å². The van der Waals surface area contributed by atoms with E-state index in [0.717, 1.165) is 24.8 Å². The molecule has 1 aliphatic carbocycles. The fourth-order valence-corrected chi connectivity index (χ4v) is 5.43. The Balaban J connectivity index is 2.43. The first kappa shape index (κ1) is 17.1. The van der Waals surface area contributed by atoms with Gasteiger partial charge in [-0.1, -0.05) is 42.5 Å². The summed E-state index contributed by atoms with van der Waals surface area (Å²) in [6.45, 7) is 0. The summed E-state index contributed by atoms with van der Waals surface area (Å²) in [5.41, 5.74) is 0.394. The van der Waals surface area contributed by atoms with Crippen LogP contribution in [0.3, 0.4) is 0 Å². The first-order valence-electron chi connectivity index (χ1n) is 7.59. The van der Waals surface area contributed by atoms with Crippen LogP contribution in [-0.2, 0) is 18.1 Å². The molecule has 1 aliphatic rings. The lowest BCUT2D eigenvalue weighted by Gasteiger charge is -2.33. The summed E-state index contributed by atoms with van der Waals surface area (Å²) >= 11 is 0. The van der Waals surface area contributed by atoms with Gasteiger partial charge in [-0.05, 0) is 24.8 Å². The Hall–Kier alpha value is -1.27. The molecule has 22 heavy (non-hydrogen) atoms.